The maximum Gasteiger partial charge on any atom is 0.327 e. The Balaban J connectivity index is 3.21. The Morgan fingerprint density at radius 3 is 2.52 bits per heavy atom. The number of sulfonamides is 1. The summed E-state index contributed by atoms with van der Waals surface area (Å²) in [6.45, 7) is 6.29. The second kappa shape index (κ2) is 7.13. The van der Waals surface area contributed by atoms with Gasteiger partial charge in [-0.25, -0.2) is 8.42 Å². The Kier molecular flexibility index (Phi) is 6.04. The fourth-order valence-corrected chi connectivity index (χ4v) is 3.05. The molecule has 0 saturated carbocycles. The molecule has 7 heteroatoms. The second-order valence-corrected chi connectivity index (χ2v) is 7.42. The minimum absolute atomic E-state index is 0.117. The van der Waals surface area contributed by atoms with E-state index in [0.29, 0.717) is 16.3 Å². The summed E-state index contributed by atoms with van der Waals surface area (Å²) in [4.78, 5) is 11.8. The minimum atomic E-state index is -3.61. The van der Waals surface area contributed by atoms with E-state index in [2.05, 4.69) is 0 Å². The number of ether oxygens (including phenoxy) is 1. The molecule has 0 radical (unpaired) electrons. The molecule has 21 heavy (non-hydrogen) atoms. The molecule has 118 valence electrons. The minimum Gasteiger partial charge on any atom is -0.462 e. The Bertz CT molecular complexity index is 613. The monoisotopic (exact) mass is 333 g/mol. The zero-order valence-electron chi connectivity index (χ0n) is 12.6. The summed E-state index contributed by atoms with van der Waals surface area (Å²) >= 11 is 6.03. The van der Waals surface area contributed by atoms with Crippen molar-refractivity contribution < 1.29 is 17.9 Å². The fraction of sp³-hybridized carbons (Fsp3) is 0.500. The Labute approximate surface area is 130 Å². The predicted octanol–water partition coefficient (Wildman–Crippen LogP) is 2.76. The van der Waals surface area contributed by atoms with Crippen LogP contribution >= 0.6 is 11.6 Å². The molecule has 0 spiro atoms. The summed E-state index contributed by atoms with van der Waals surface area (Å²) in [5.41, 5.74) is 0.999. The van der Waals surface area contributed by atoms with E-state index in [1.165, 1.54) is 6.92 Å². The lowest BCUT2D eigenvalue weighted by Gasteiger charge is -2.25. The van der Waals surface area contributed by atoms with Crippen molar-refractivity contribution in [2.45, 2.75) is 33.8 Å². The molecular formula is C14H20ClNO4S. The Morgan fingerprint density at radius 1 is 1.38 bits per heavy atom. The lowest BCUT2D eigenvalue weighted by molar-refractivity contribution is -0.145. The van der Waals surface area contributed by atoms with Gasteiger partial charge < -0.3 is 4.74 Å². The molecule has 5 nitrogen and oxygen atoms in total. The number of benzene rings is 1. The van der Waals surface area contributed by atoms with Gasteiger partial charge in [0.05, 0.1) is 17.5 Å². The van der Waals surface area contributed by atoms with Gasteiger partial charge in [0.15, 0.2) is 0 Å². The lowest BCUT2D eigenvalue weighted by atomic mass is 10.2. The van der Waals surface area contributed by atoms with Gasteiger partial charge in [0.2, 0.25) is 10.0 Å². The van der Waals surface area contributed by atoms with Crippen LogP contribution < -0.4 is 4.31 Å². The molecular weight excluding hydrogens is 314 g/mol. The number of hydrogen-bond donors (Lipinski definition) is 0. The lowest BCUT2D eigenvalue weighted by Crippen LogP contribution is -2.38. The first kappa shape index (κ1) is 17.8. The van der Waals surface area contributed by atoms with Crippen LogP contribution in [0, 0.1) is 6.92 Å². The molecule has 0 amide bonds. The number of carbonyl (C=O) groups is 1. The molecule has 0 atom stereocenters. The average Bonchev–Trinajstić information content (AvgIpc) is 2.38. The molecule has 0 N–H and O–H groups in total. The van der Waals surface area contributed by atoms with Crippen molar-refractivity contribution >= 4 is 33.3 Å². The summed E-state index contributed by atoms with van der Waals surface area (Å²) in [6, 6.07) is 4.94. The van der Waals surface area contributed by atoms with Crippen LogP contribution in [0.1, 0.15) is 26.3 Å². The van der Waals surface area contributed by atoms with Gasteiger partial charge in [-0.2, -0.15) is 0 Å². The van der Waals surface area contributed by atoms with Gasteiger partial charge in [-0.3, -0.25) is 9.10 Å². The third-order valence-electron chi connectivity index (χ3n) is 2.85. The van der Waals surface area contributed by atoms with Crippen molar-refractivity contribution in [3.8, 4) is 0 Å². The van der Waals surface area contributed by atoms with Crippen LogP contribution in [0.15, 0.2) is 18.2 Å². The number of esters is 1. The van der Waals surface area contributed by atoms with Gasteiger partial charge in [0.25, 0.3) is 0 Å². The SMILES string of the molecule is CCS(=O)(=O)N(CC(=O)OC(C)C)c1cccc(Cl)c1C. The molecule has 0 aliphatic rings. The summed E-state index contributed by atoms with van der Waals surface area (Å²) in [6.07, 6.45) is -0.302. The zero-order chi connectivity index (χ0) is 16.2. The summed E-state index contributed by atoms with van der Waals surface area (Å²) in [5.74, 6) is -0.713. The fourth-order valence-electron chi connectivity index (χ4n) is 1.77. The number of halogens is 1. The topological polar surface area (TPSA) is 63.7 Å². The molecule has 1 aromatic carbocycles. The van der Waals surface area contributed by atoms with Crippen LogP contribution in [0.2, 0.25) is 5.02 Å². The molecule has 0 saturated heterocycles. The van der Waals surface area contributed by atoms with E-state index in [0.717, 1.165) is 4.31 Å². The maximum absolute atomic E-state index is 12.3. The first-order valence-corrected chi connectivity index (χ1v) is 8.62. The highest BCUT2D eigenvalue weighted by molar-refractivity contribution is 7.92. The van der Waals surface area contributed by atoms with Gasteiger partial charge in [-0.15, -0.1) is 0 Å². The quantitative estimate of drug-likeness (QED) is 0.751. The standard InChI is InChI=1S/C14H20ClNO4S/c1-5-21(18,19)16(9-14(17)20-10(2)3)13-8-6-7-12(15)11(13)4/h6-8,10H,5,9H2,1-4H3. The van der Waals surface area contributed by atoms with Gasteiger partial charge >= 0.3 is 5.97 Å². The average molecular weight is 334 g/mol. The number of anilines is 1. The maximum atomic E-state index is 12.3. The summed E-state index contributed by atoms with van der Waals surface area (Å²) < 4.78 is 30.6. The third-order valence-corrected chi connectivity index (χ3v) is 4.98. The Morgan fingerprint density at radius 2 is 2.00 bits per heavy atom. The van der Waals surface area contributed by atoms with Gasteiger partial charge in [0, 0.05) is 5.02 Å². The van der Waals surface area contributed by atoms with Crippen LogP contribution in [-0.2, 0) is 19.6 Å². The van der Waals surface area contributed by atoms with E-state index in [9.17, 15) is 13.2 Å². The van der Waals surface area contributed by atoms with Crippen molar-refractivity contribution in [3.63, 3.8) is 0 Å². The smallest absolute Gasteiger partial charge is 0.327 e. The van der Waals surface area contributed by atoms with Crippen molar-refractivity contribution in [1.29, 1.82) is 0 Å². The van der Waals surface area contributed by atoms with Crippen LogP contribution in [0.5, 0.6) is 0 Å². The van der Waals surface area contributed by atoms with Gasteiger partial charge in [-0.1, -0.05) is 17.7 Å². The molecule has 0 aliphatic heterocycles. The van der Waals surface area contributed by atoms with Crippen molar-refractivity contribution in [1.82, 2.24) is 0 Å². The van der Waals surface area contributed by atoms with Crippen LogP contribution in [-0.4, -0.2) is 32.8 Å². The first-order chi connectivity index (χ1) is 9.69. The van der Waals surface area contributed by atoms with Crippen LogP contribution in [0.25, 0.3) is 0 Å². The summed E-state index contributed by atoms with van der Waals surface area (Å²) in [7, 11) is -3.61. The van der Waals surface area contributed by atoms with Gasteiger partial charge in [0.1, 0.15) is 6.54 Å². The highest BCUT2D eigenvalue weighted by Gasteiger charge is 2.26. The second-order valence-electron chi connectivity index (χ2n) is 4.83. The van der Waals surface area contributed by atoms with E-state index in [1.807, 2.05) is 0 Å². The van der Waals surface area contributed by atoms with Gasteiger partial charge in [-0.05, 0) is 45.4 Å². The number of nitrogens with zero attached hydrogens (tertiary/aromatic N) is 1. The largest absolute Gasteiger partial charge is 0.462 e. The zero-order valence-corrected chi connectivity index (χ0v) is 14.2. The number of hydrogen-bond acceptors (Lipinski definition) is 4. The predicted molar refractivity (Wildman–Crippen MR) is 84.2 cm³/mol. The van der Waals surface area contributed by atoms with E-state index in [4.69, 9.17) is 16.3 Å². The molecule has 0 fully saturated rings. The summed E-state index contributed by atoms with van der Waals surface area (Å²) in [5, 5.41) is 0.445. The normalized spacial score (nSPS) is 11.5. The van der Waals surface area contributed by atoms with E-state index < -0.39 is 16.0 Å². The number of carbonyl (C=O) groups excluding carboxylic acids is 1. The third kappa shape index (κ3) is 4.61. The number of rotatable bonds is 6. The van der Waals surface area contributed by atoms with Crippen LogP contribution in [0.3, 0.4) is 0 Å². The molecule has 0 bridgehead atoms. The molecule has 1 rings (SSSR count). The highest BCUT2D eigenvalue weighted by Crippen LogP contribution is 2.28. The van der Waals surface area contributed by atoms with Crippen molar-refractivity contribution in [2.24, 2.45) is 0 Å². The van der Waals surface area contributed by atoms with Crippen molar-refractivity contribution in [2.75, 3.05) is 16.6 Å². The molecule has 0 aromatic heterocycles. The van der Waals surface area contributed by atoms with Crippen LogP contribution in [0.4, 0.5) is 5.69 Å². The first-order valence-electron chi connectivity index (χ1n) is 6.64. The highest BCUT2D eigenvalue weighted by atomic mass is 35.5. The van der Waals surface area contributed by atoms with Crippen molar-refractivity contribution in [3.05, 3.63) is 28.8 Å². The molecule has 0 unspecified atom stereocenters. The molecule has 0 aliphatic carbocycles. The van der Waals surface area contributed by atoms with E-state index in [1.54, 1.807) is 39.0 Å². The molecule has 1 aromatic rings. The Hall–Kier alpha value is -1.27. The van der Waals surface area contributed by atoms with E-state index in [-0.39, 0.29) is 18.4 Å². The molecule has 0 heterocycles. The van der Waals surface area contributed by atoms with E-state index >= 15 is 0 Å².